The van der Waals surface area contributed by atoms with Crippen molar-refractivity contribution in [3.05, 3.63) is 59.4 Å². The highest BCUT2D eigenvalue weighted by Crippen LogP contribution is 2.28. The van der Waals surface area contributed by atoms with Crippen molar-refractivity contribution in [3.8, 4) is 5.75 Å². The molecule has 2 aromatic rings. The minimum Gasteiger partial charge on any atom is -0.506 e. The molecule has 1 saturated heterocycles. The van der Waals surface area contributed by atoms with E-state index in [-0.39, 0.29) is 40.7 Å². The zero-order chi connectivity index (χ0) is 18.7. The second kappa shape index (κ2) is 7.57. The predicted molar refractivity (Wildman–Crippen MR) is 95.5 cm³/mol. The number of phenols is 1. The lowest BCUT2D eigenvalue weighted by molar-refractivity contribution is -0.119. The third kappa shape index (κ3) is 4.40. The van der Waals surface area contributed by atoms with Crippen molar-refractivity contribution >= 4 is 34.5 Å². The highest BCUT2D eigenvalue weighted by Gasteiger charge is 2.31. The third-order valence-corrected chi connectivity index (χ3v) is 4.78. The van der Waals surface area contributed by atoms with Crippen molar-refractivity contribution in [2.45, 2.75) is 18.1 Å². The molecule has 1 unspecified atom stereocenters. The van der Waals surface area contributed by atoms with Gasteiger partial charge in [-0.15, -0.1) is 0 Å². The molecule has 0 aromatic heterocycles. The molecule has 0 saturated carbocycles. The van der Waals surface area contributed by atoms with Gasteiger partial charge in [0.15, 0.2) is 0 Å². The number of imide groups is 1. The zero-order valence-corrected chi connectivity index (χ0v) is 14.3. The van der Waals surface area contributed by atoms with E-state index in [0.717, 1.165) is 11.8 Å². The lowest BCUT2D eigenvalue weighted by Gasteiger charge is -2.11. The Kier molecular flexibility index (Phi) is 5.22. The fraction of sp³-hybridized carbons (Fsp3) is 0.167. The number of carbonyl (C=O) groups is 3. The van der Waals surface area contributed by atoms with Crippen molar-refractivity contribution in [2.24, 2.45) is 0 Å². The van der Waals surface area contributed by atoms with Crippen LogP contribution in [-0.4, -0.2) is 27.4 Å². The molecule has 0 bridgehead atoms. The van der Waals surface area contributed by atoms with E-state index in [1.165, 1.54) is 30.3 Å². The molecule has 0 radical (unpaired) electrons. The Hall–Kier alpha value is -2.87. The molecule has 0 spiro atoms. The quantitative estimate of drug-likeness (QED) is 0.699. The molecule has 0 aliphatic carbocycles. The maximum absolute atomic E-state index is 12.9. The van der Waals surface area contributed by atoms with Gasteiger partial charge in [-0.05, 0) is 41.8 Å². The van der Waals surface area contributed by atoms with Crippen LogP contribution in [0, 0.1) is 5.82 Å². The molecule has 1 fully saturated rings. The lowest BCUT2D eigenvalue weighted by atomic mass is 10.1. The molecule has 8 heteroatoms. The number of halogens is 1. The van der Waals surface area contributed by atoms with Crippen LogP contribution in [0.2, 0.25) is 0 Å². The number of anilines is 1. The van der Waals surface area contributed by atoms with E-state index in [2.05, 4.69) is 10.6 Å². The number of nitrogens with one attached hydrogen (secondary N) is 2. The van der Waals surface area contributed by atoms with Crippen LogP contribution >= 0.6 is 11.8 Å². The number of carbonyl (C=O) groups excluding carboxylic acids is 3. The number of aromatic hydroxyl groups is 1. The first-order valence-electron chi connectivity index (χ1n) is 7.78. The first kappa shape index (κ1) is 17.9. The minimum atomic E-state index is -0.533. The van der Waals surface area contributed by atoms with Gasteiger partial charge in [-0.1, -0.05) is 30.0 Å². The molecule has 1 aliphatic rings. The van der Waals surface area contributed by atoms with Gasteiger partial charge in [0.25, 0.3) is 5.24 Å². The topological polar surface area (TPSA) is 95.5 Å². The first-order chi connectivity index (χ1) is 12.4. The Morgan fingerprint density at radius 1 is 1.15 bits per heavy atom. The molecule has 134 valence electrons. The van der Waals surface area contributed by atoms with Crippen LogP contribution in [0.15, 0.2) is 42.5 Å². The smallest absolute Gasteiger partial charge is 0.286 e. The summed E-state index contributed by atoms with van der Waals surface area (Å²) < 4.78 is 12.9. The van der Waals surface area contributed by atoms with Gasteiger partial charge in [0.1, 0.15) is 11.6 Å². The molecule has 2 aromatic carbocycles. The largest absolute Gasteiger partial charge is 0.506 e. The SMILES string of the molecule is O=C(Cc1ccc(F)cc1)Nc1cc(CC2SC(=O)NC2=O)ccc1O. The Morgan fingerprint density at radius 3 is 2.50 bits per heavy atom. The molecule has 1 atom stereocenters. The van der Waals surface area contributed by atoms with Crippen LogP contribution in [0.25, 0.3) is 0 Å². The number of amides is 3. The summed E-state index contributed by atoms with van der Waals surface area (Å²) in [7, 11) is 0. The van der Waals surface area contributed by atoms with Crippen molar-refractivity contribution in [3.63, 3.8) is 0 Å². The number of rotatable bonds is 5. The highest BCUT2D eigenvalue weighted by molar-refractivity contribution is 8.15. The van der Waals surface area contributed by atoms with Gasteiger partial charge in [0.2, 0.25) is 11.8 Å². The predicted octanol–water partition coefficient (Wildman–Crippen LogP) is 2.61. The second-order valence-corrected chi connectivity index (χ2v) is 6.97. The fourth-order valence-electron chi connectivity index (χ4n) is 2.53. The van der Waals surface area contributed by atoms with Crippen LogP contribution in [0.5, 0.6) is 5.75 Å². The van der Waals surface area contributed by atoms with Crippen LogP contribution in [0.4, 0.5) is 14.9 Å². The number of hydrogen-bond donors (Lipinski definition) is 3. The molecule has 26 heavy (non-hydrogen) atoms. The molecule has 3 amide bonds. The number of hydrogen-bond acceptors (Lipinski definition) is 5. The van der Waals surface area contributed by atoms with Gasteiger partial charge in [-0.2, -0.15) is 0 Å². The van der Waals surface area contributed by atoms with Crippen molar-refractivity contribution in [1.82, 2.24) is 5.32 Å². The van der Waals surface area contributed by atoms with Gasteiger partial charge >= 0.3 is 0 Å². The van der Waals surface area contributed by atoms with Gasteiger partial charge < -0.3 is 10.4 Å². The Bertz CT molecular complexity index is 870. The van der Waals surface area contributed by atoms with Crippen LogP contribution in [0.3, 0.4) is 0 Å². The van der Waals surface area contributed by atoms with E-state index in [1.54, 1.807) is 12.1 Å². The molecule has 3 N–H and O–H groups in total. The summed E-state index contributed by atoms with van der Waals surface area (Å²) in [6, 6.07) is 10.2. The Balaban J connectivity index is 1.67. The standard InChI is InChI=1S/C18H15FN2O4S/c19-12-4-1-10(2-5-12)9-16(23)20-13-7-11(3-6-14(13)22)8-15-17(24)21-18(25)26-15/h1-7,15,22H,8-9H2,(H,20,23)(H,21,24,25). The molecular formula is C18H15FN2O4S. The summed E-state index contributed by atoms with van der Waals surface area (Å²) in [5.74, 6) is -1.21. The summed E-state index contributed by atoms with van der Waals surface area (Å²) in [6.45, 7) is 0. The van der Waals surface area contributed by atoms with Gasteiger partial charge in [0, 0.05) is 0 Å². The van der Waals surface area contributed by atoms with Gasteiger partial charge in [-0.25, -0.2) is 4.39 Å². The number of benzene rings is 2. The van der Waals surface area contributed by atoms with E-state index >= 15 is 0 Å². The summed E-state index contributed by atoms with van der Waals surface area (Å²) in [5.41, 5.74) is 1.55. The number of thioether (sulfide) groups is 1. The van der Waals surface area contributed by atoms with E-state index in [4.69, 9.17) is 0 Å². The Labute approximate surface area is 152 Å². The molecule has 1 heterocycles. The van der Waals surface area contributed by atoms with Crippen molar-refractivity contribution < 1.29 is 23.9 Å². The maximum atomic E-state index is 12.9. The molecule has 3 rings (SSSR count). The van der Waals surface area contributed by atoms with Gasteiger partial charge in [-0.3, -0.25) is 19.7 Å². The molecule has 6 nitrogen and oxygen atoms in total. The van der Waals surface area contributed by atoms with Gasteiger partial charge in [0.05, 0.1) is 17.4 Å². The molecule has 1 aliphatic heterocycles. The molecular weight excluding hydrogens is 359 g/mol. The third-order valence-electron chi connectivity index (χ3n) is 3.80. The van der Waals surface area contributed by atoms with Crippen LogP contribution in [-0.2, 0) is 22.4 Å². The zero-order valence-electron chi connectivity index (χ0n) is 13.5. The normalized spacial score (nSPS) is 16.4. The van der Waals surface area contributed by atoms with E-state index < -0.39 is 5.25 Å². The summed E-state index contributed by atoms with van der Waals surface area (Å²) in [4.78, 5) is 35.0. The van der Waals surface area contributed by atoms with Crippen LogP contribution < -0.4 is 10.6 Å². The number of phenolic OH excluding ortho intramolecular Hbond substituents is 1. The maximum Gasteiger partial charge on any atom is 0.286 e. The van der Waals surface area contributed by atoms with Crippen molar-refractivity contribution in [2.75, 3.05) is 5.32 Å². The monoisotopic (exact) mass is 374 g/mol. The summed E-state index contributed by atoms with van der Waals surface area (Å²) in [5, 5.41) is 13.8. The van der Waals surface area contributed by atoms with E-state index in [9.17, 15) is 23.9 Å². The van der Waals surface area contributed by atoms with Crippen molar-refractivity contribution in [1.29, 1.82) is 0 Å². The summed E-state index contributed by atoms with van der Waals surface area (Å²) >= 11 is 0.915. The van der Waals surface area contributed by atoms with Crippen LogP contribution in [0.1, 0.15) is 11.1 Å². The minimum absolute atomic E-state index is 0.0271. The average molecular weight is 374 g/mol. The highest BCUT2D eigenvalue weighted by atomic mass is 32.2. The fourth-order valence-corrected chi connectivity index (χ4v) is 3.39. The van der Waals surface area contributed by atoms with E-state index in [1.807, 2.05) is 0 Å². The summed E-state index contributed by atoms with van der Waals surface area (Å²) in [6.07, 6.45) is 0.322. The first-order valence-corrected chi connectivity index (χ1v) is 8.66. The van der Waals surface area contributed by atoms with E-state index in [0.29, 0.717) is 17.5 Å². The second-order valence-electron chi connectivity index (χ2n) is 5.79. The lowest BCUT2D eigenvalue weighted by Crippen LogP contribution is -2.25. The Morgan fingerprint density at radius 2 is 1.85 bits per heavy atom. The average Bonchev–Trinajstić information content (AvgIpc) is 2.90.